The number of fused-ring (bicyclic) bond motifs is 1. The lowest BCUT2D eigenvalue weighted by atomic mass is 9.75. The zero-order chi connectivity index (χ0) is 14.7. The van der Waals surface area contributed by atoms with Crippen molar-refractivity contribution in [3.63, 3.8) is 0 Å². The Labute approximate surface area is 114 Å². The van der Waals surface area contributed by atoms with Crippen LogP contribution < -0.4 is 0 Å². The number of carboxylic acid groups (broad SMARTS) is 2. The van der Waals surface area contributed by atoms with Gasteiger partial charge in [0.25, 0.3) is 0 Å². The van der Waals surface area contributed by atoms with E-state index in [1.54, 1.807) is 0 Å². The van der Waals surface area contributed by atoms with Gasteiger partial charge >= 0.3 is 11.9 Å². The number of nitrogens with zero attached hydrogens (tertiary/aromatic N) is 1. The zero-order valence-corrected chi connectivity index (χ0v) is 10.4. The van der Waals surface area contributed by atoms with Crippen molar-refractivity contribution >= 4 is 17.8 Å². The Bertz CT molecular complexity index is 555. The molecule has 0 saturated carbocycles. The van der Waals surface area contributed by atoms with Gasteiger partial charge in [-0.1, -0.05) is 18.2 Å². The fourth-order valence-electron chi connectivity index (χ4n) is 3.57. The third kappa shape index (κ3) is 1.30. The van der Waals surface area contributed by atoms with Gasteiger partial charge in [-0.15, -0.1) is 6.58 Å². The van der Waals surface area contributed by atoms with E-state index in [1.807, 2.05) is 0 Å². The fourth-order valence-corrected chi connectivity index (χ4v) is 3.57. The number of aliphatic carboxylic acids is 2. The van der Waals surface area contributed by atoms with E-state index in [4.69, 9.17) is 4.74 Å². The van der Waals surface area contributed by atoms with Crippen LogP contribution in [0.15, 0.2) is 24.8 Å². The molecule has 3 heterocycles. The lowest BCUT2D eigenvalue weighted by molar-refractivity contribution is -0.152. The maximum atomic E-state index is 12.4. The summed E-state index contributed by atoms with van der Waals surface area (Å²) in [6.07, 6.45) is 3.74. The van der Waals surface area contributed by atoms with Crippen LogP contribution in [0.2, 0.25) is 0 Å². The topological polar surface area (TPSA) is 104 Å². The largest absolute Gasteiger partial charge is 0.481 e. The molecular formula is C13H13NO6. The van der Waals surface area contributed by atoms with E-state index in [0.717, 1.165) is 4.90 Å². The minimum Gasteiger partial charge on any atom is -0.481 e. The number of ether oxygens (including phenoxy) is 1. The van der Waals surface area contributed by atoms with Crippen molar-refractivity contribution in [3.8, 4) is 0 Å². The average Bonchev–Trinajstić information content (AvgIpc) is 2.98. The summed E-state index contributed by atoms with van der Waals surface area (Å²) in [5.41, 5.74) is -1.38. The minimum absolute atomic E-state index is 0.0439. The summed E-state index contributed by atoms with van der Waals surface area (Å²) in [5, 5.41) is 18.7. The summed E-state index contributed by atoms with van der Waals surface area (Å²) >= 11 is 0. The molecule has 7 nitrogen and oxygen atoms in total. The SMILES string of the molecule is C=CCN1C(=O)C2C(C(=O)O)C3C=CC2(O3)C1C(=O)O. The van der Waals surface area contributed by atoms with Crippen molar-refractivity contribution in [2.45, 2.75) is 17.7 Å². The number of hydrogen-bond acceptors (Lipinski definition) is 4. The van der Waals surface area contributed by atoms with Crippen LogP contribution in [-0.4, -0.2) is 57.3 Å². The van der Waals surface area contributed by atoms with Gasteiger partial charge in [-0.25, -0.2) is 4.79 Å². The van der Waals surface area contributed by atoms with Crippen molar-refractivity contribution in [1.82, 2.24) is 4.90 Å². The van der Waals surface area contributed by atoms with E-state index in [-0.39, 0.29) is 6.54 Å². The van der Waals surface area contributed by atoms with Gasteiger partial charge in [0.2, 0.25) is 5.91 Å². The van der Waals surface area contributed by atoms with E-state index in [1.165, 1.54) is 18.2 Å². The van der Waals surface area contributed by atoms with E-state index in [9.17, 15) is 24.6 Å². The van der Waals surface area contributed by atoms with Gasteiger partial charge in [0.05, 0.1) is 12.0 Å². The highest BCUT2D eigenvalue weighted by molar-refractivity contribution is 5.97. The predicted octanol–water partition coefficient (Wildman–Crippen LogP) is -0.508. The summed E-state index contributed by atoms with van der Waals surface area (Å²) in [7, 11) is 0. The van der Waals surface area contributed by atoms with Gasteiger partial charge in [-0.3, -0.25) is 9.59 Å². The summed E-state index contributed by atoms with van der Waals surface area (Å²) in [4.78, 5) is 36.5. The number of carboxylic acids is 2. The summed E-state index contributed by atoms with van der Waals surface area (Å²) in [5.74, 6) is -4.89. The first-order valence-electron chi connectivity index (χ1n) is 6.18. The zero-order valence-electron chi connectivity index (χ0n) is 10.4. The Morgan fingerprint density at radius 2 is 2.15 bits per heavy atom. The van der Waals surface area contributed by atoms with Gasteiger partial charge in [0, 0.05) is 6.54 Å². The predicted molar refractivity (Wildman–Crippen MR) is 64.7 cm³/mol. The molecule has 5 unspecified atom stereocenters. The van der Waals surface area contributed by atoms with Crippen LogP contribution >= 0.6 is 0 Å². The van der Waals surface area contributed by atoms with Gasteiger partial charge in [-0.2, -0.15) is 0 Å². The Kier molecular flexibility index (Phi) is 2.52. The molecule has 0 radical (unpaired) electrons. The molecule has 5 atom stereocenters. The van der Waals surface area contributed by atoms with E-state index >= 15 is 0 Å². The average molecular weight is 279 g/mol. The molecule has 1 spiro atoms. The molecule has 0 aromatic carbocycles. The number of likely N-dealkylation sites (tertiary alicyclic amines) is 1. The molecule has 3 aliphatic rings. The molecule has 106 valence electrons. The molecule has 1 amide bonds. The molecule has 0 aromatic heterocycles. The van der Waals surface area contributed by atoms with Gasteiger partial charge in [-0.05, 0) is 0 Å². The first-order chi connectivity index (χ1) is 9.44. The number of amides is 1. The van der Waals surface area contributed by atoms with Crippen LogP contribution in [0.4, 0.5) is 0 Å². The number of carbonyl (C=O) groups is 3. The monoisotopic (exact) mass is 279 g/mol. The highest BCUT2D eigenvalue weighted by atomic mass is 16.5. The maximum Gasteiger partial charge on any atom is 0.329 e. The highest BCUT2D eigenvalue weighted by Crippen LogP contribution is 2.54. The third-order valence-corrected chi connectivity index (χ3v) is 4.22. The van der Waals surface area contributed by atoms with Crippen molar-refractivity contribution < 1.29 is 29.3 Å². The quantitative estimate of drug-likeness (QED) is 0.672. The number of rotatable bonds is 4. The third-order valence-electron chi connectivity index (χ3n) is 4.22. The highest BCUT2D eigenvalue weighted by Gasteiger charge is 2.73. The Hall–Kier alpha value is -2.15. The first kappa shape index (κ1) is 12.9. The molecule has 7 heteroatoms. The second-order valence-electron chi connectivity index (χ2n) is 5.16. The summed E-state index contributed by atoms with van der Waals surface area (Å²) < 4.78 is 5.61. The van der Waals surface area contributed by atoms with Crippen LogP contribution in [0.5, 0.6) is 0 Å². The minimum atomic E-state index is -1.38. The number of carbonyl (C=O) groups excluding carboxylic acids is 1. The Morgan fingerprint density at radius 1 is 1.45 bits per heavy atom. The van der Waals surface area contributed by atoms with Gasteiger partial charge in [0.1, 0.15) is 11.5 Å². The van der Waals surface area contributed by atoms with Crippen molar-refractivity contribution in [2.24, 2.45) is 11.8 Å². The van der Waals surface area contributed by atoms with Crippen molar-refractivity contribution in [1.29, 1.82) is 0 Å². The molecule has 2 fully saturated rings. The lowest BCUT2D eigenvalue weighted by Gasteiger charge is -2.29. The molecule has 3 rings (SSSR count). The summed E-state index contributed by atoms with van der Waals surface area (Å²) in [6.45, 7) is 3.54. The van der Waals surface area contributed by atoms with Crippen LogP contribution in [-0.2, 0) is 19.1 Å². The second kappa shape index (κ2) is 3.92. The van der Waals surface area contributed by atoms with Crippen molar-refractivity contribution in [3.05, 3.63) is 24.8 Å². The maximum absolute atomic E-state index is 12.4. The molecular weight excluding hydrogens is 266 g/mol. The molecule has 0 aliphatic carbocycles. The van der Waals surface area contributed by atoms with Gasteiger partial charge in [0.15, 0.2) is 6.04 Å². The lowest BCUT2D eigenvalue weighted by Crippen LogP contribution is -2.50. The Morgan fingerprint density at radius 3 is 2.70 bits per heavy atom. The summed E-state index contributed by atoms with van der Waals surface area (Å²) in [6, 6.07) is -1.22. The molecule has 2 bridgehead atoms. The molecule has 3 aliphatic heterocycles. The molecule has 2 saturated heterocycles. The van der Waals surface area contributed by atoms with Crippen LogP contribution in [0.3, 0.4) is 0 Å². The van der Waals surface area contributed by atoms with Crippen molar-refractivity contribution in [2.75, 3.05) is 6.54 Å². The normalized spacial score (nSPS) is 41.0. The fraction of sp³-hybridized carbons (Fsp3) is 0.462. The van der Waals surface area contributed by atoms with Crippen LogP contribution in [0.1, 0.15) is 0 Å². The molecule has 2 N–H and O–H groups in total. The first-order valence-corrected chi connectivity index (χ1v) is 6.18. The van der Waals surface area contributed by atoms with E-state index < -0.39 is 47.4 Å². The smallest absolute Gasteiger partial charge is 0.329 e. The van der Waals surface area contributed by atoms with Crippen LogP contribution in [0, 0.1) is 11.8 Å². The van der Waals surface area contributed by atoms with Crippen LogP contribution in [0.25, 0.3) is 0 Å². The Balaban J connectivity index is 2.11. The molecule has 0 aromatic rings. The second-order valence-corrected chi connectivity index (χ2v) is 5.16. The number of hydrogen-bond donors (Lipinski definition) is 2. The molecule has 20 heavy (non-hydrogen) atoms. The van der Waals surface area contributed by atoms with Gasteiger partial charge < -0.3 is 19.8 Å². The van der Waals surface area contributed by atoms with E-state index in [2.05, 4.69) is 6.58 Å². The standard InChI is InChI=1S/C13H13NO6/c1-2-5-14-9(12(18)19)13-4-3-6(20-13)7(11(16)17)8(13)10(14)15/h2-4,6-9H,1,5H2,(H,16,17)(H,18,19). The van der Waals surface area contributed by atoms with E-state index in [0.29, 0.717) is 0 Å².